The van der Waals surface area contributed by atoms with Gasteiger partial charge in [0, 0.05) is 29.4 Å². The van der Waals surface area contributed by atoms with Gasteiger partial charge >= 0.3 is 0 Å². The Balaban J connectivity index is 2.31. The summed E-state index contributed by atoms with van der Waals surface area (Å²) in [7, 11) is -0.795. The minimum atomic E-state index is -0.795. The van der Waals surface area contributed by atoms with Gasteiger partial charge in [-0.1, -0.05) is 0 Å². The van der Waals surface area contributed by atoms with Gasteiger partial charge in [-0.25, -0.2) is 0 Å². The van der Waals surface area contributed by atoms with E-state index in [1.807, 2.05) is 0 Å². The molecule has 6 heteroatoms. The Morgan fingerprint density at radius 2 is 2.40 bits per heavy atom. The van der Waals surface area contributed by atoms with Crippen LogP contribution in [0.5, 0.6) is 0 Å². The van der Waals surface area contributed by atoms with Gasteiger partial charge in [-0.15, -0.1) is 11.3 Å². The van der Waals surface area contributed by atoms with E-state index in [0.29, 0.717) is 22.9 Å². The number of amides is 1. The molecule has 0 radical (unpaired) electrons. The van der Waals surface area contributed by atoms with E-state index in [9.17, 15) is 9.00 Å². The van der Waals surface area contributed by atoms with Gasteiger partial charge < -0.3 is 11.1 Å². The molecule has 1 atom stereocenters. The Labute approximate surface area is 95.3 Å². The van der Waals surface area contributed by atoms with Crippen molar-refractivity contribution in [1.82, 2.24) is 5.32 Å². The molecule has 0 aromatic carbocycles. The highest BCUT2D eigenvalue weighted by molar-refractivity contribution is 7.84. The molecule has 1 rings (SSSR count). The molecule has 0 fully saturated rings. The Morgan fingerprint density at radius 3 is 2.93 bits per heavy atom. The normalized spacial score (nSPS) is 12.3. The number of carbonyl (C=O) groups excluding carboxylic acids is 1. The highest BCUT2D eigenvalue weighted by Gasteiger charge is 2.09. The van der Waals surface area contributed by atoms with Crippen LogP contribution in [0.3, 0.4) is 0 Å². The maximum atomic E-state index is 11.5. The predicted octanol–water partition coefficient (Wildman–Crippen LogP) is 0.829. The van der Waals surface area contributed by atoms with Crippen LogP contribution in [0.1, 0.15) is 16.1 Å². The lowest BCUT2D eigenvalue weighted by atomic mass is 10.3. The zero-order valence-electron chi connectivity index (χ0n) is 8.49. The fraction of sp³-hybridized carbons (Fsp3) is 0.444. The minimum absolute atomic E-state index is 0.149. The van der Waals surface area contributed by atoms with Crippen molar-refractivity contribution in [2.45, 2.75) is 6.42 Å². The predicted molar refractivity (Wildman–Crippen MR) is 64.6 cm³/mol. The van der Waals surface area contributed by atoms with E-state index in [1.165, 1.54) is 11.3 Å². The van der Waals surface area contributed by atoms with E-state index in [1.54, 1.807) is 17.7 Å². The quantitative estimate of drug-likeness (QED) is 0.756. The monoisotopic (exact) mass is 246 g/mol. The van der Waals surface area contributed by atoms with Crippen molar-refractivity contribution in [2.75, 3.05) is 24.3 Å². The maximum Gasteiger partial charge on any atom is 0.263 e. The topological polar surface area (TPSA) is 72.2 Å². The van der Waals surface area contributed by atoms with E-state index >= 15 is 0 Å². The lowest BCUT2D eigenvalue weighted by molar-refractivity contribution is 0.0958. The van der Waals surface area contributed by atoms with Crippen LogP contribution in [0, 0.1) is 0 Å². The largest absolute Gasteiger partial charge is 0.397 e. The van der Waals surface area contributed by atoms with Gasteiger partial charge in [0.25, 0.3) is 5.91 Å². The van der Waals surface area contributed by atoms with Gasteiger partial charge in [0.15, 0.2) is 0 Å². The smallest absolute Gasteiger partial charge is 0.263 e. The number of rotatable bonds is 5. The second-order valence-corrected chi connectivity index (χ2v) is 5.56. The second-order valence-electron chi connectivity index (χ2n) is 3.09. The van der Waals surface area contributed by atoms with Crippen LogP contribution >= 0.6 is 11.3 Å². The summed E-state index contributed by atoms with van der Waals surface area (Å²) in [6.45, 7) is 0.537. The average Bonchev–Trinajstić information content (AvgIpc) is 2.58. The summed E-state index contributed by atoms with van der Waals surface area (Å²) in [5, 5.41) is 4.52. The summed E-state index contributed by atoms with van der Waals surface area (Å²) in [5.41, 5.74) is 6.11. The lowest BCUT2D eigenvalue weighted by Gasteiger charge is -2.03. The van der Waals surface area contributed by atoms with Crippen molar-refractivity contribution < 1.29 is 9.00 Å². The molecule has 3 N–H and O–H groups in total. The van der Waals surface area contributed by atoms with E-state index in [0.717, 1.165) is 6.42 Å². The Morgan fingerprint density at radius 1 is 1.67 bits per heavy atom. The minimum Gasteiger partial charge on any atom is -0.397 e. The molecule has 15 heavy (non-hydrogen) atoms. The van der Waals surface area contributed by atoms with E-state index in [4.69, 9.17) is 5.73 Å². The average molecular weight is 246 g/mol. The number of nitrogens with two attached hydrogens (primary N) is 1. The highest BCUT2D eigenvalue weighted by atomic mass is 32.2. The summed E-state index contributed by atoms with van der Waals surface area (Å²) in [4.78, 5) is 12.1. The second kappa shape index (κ2) is 5.87. The third-order valence-electron chi connectivity index (χ3n) is 1.80. The summed E-state index contributed by atoms with van der Waals surface area (Å²) in [5.74, 6) is 0.463. The molecule has 0 aliphatic carbocycles. The highest BCUT2D eigenvalue weighted by Crippen LogP contribution is 2.17. The van der Waals surface area contributed by atoms with Crippen molar-refractivity contribution in [3.63, 3.8) is 0 Å². The zero-order valence-corrected chi connectivity index (χ0v) is 10.1. The number of hydrogen-bond acceptors (Lipinski definition) is 4. The van der Waals surface area contributed by atoms with Crippen LogP contribution in [0.15, 0.2) is 11.4 Å². The zero-order chi connectivity index (χ0) is 11.3. The summed E-state index contributed by atoms with van der Waals surface area (Å²) in [6, 6.07) is 1.71. The van der Waals surface area contributed by atoms with Crippen LogP contribution in [0.2, 0.25) is 0 Å². The molecule has 4 nitrogen and oxygen atoms in total. The van der Waals surface area contributed by atoms with E-state index in [-0.39, 0.29) is 5.91 Å². The van der Waals surface area contributed by atoms with Gasteiger partial charge in [-0.05, 0) is 17.9 Å². The fourth-order valence-electron chi connectivity index (χ4n) is 1.06. The van der Waals surface area contributed by atoms with Gasteiger partial charge in [0.1, 0.15) is 4.88 Å². The van der Waals surface area contributed by atoms with Gasteiger partial charge in [0.05, 0.1) is 5.69 Å². The molecule has 1 heterocycles. The third kappa shape index (κ3) is 4.01. The fourth-order valence-corrected chi connectivity index (χ4v) is 2.35. The van der Waals surface area contributed by atoms with Gasteiger partial charge in [-0.3, -0.25) is 9.00 Å². The molecule has 1 amide bonds. The molecule has 1 unspecified atom stereocenters. The van der Waals surface area contributed by atoms with Crippen LogP contribution in [0.25, 0.3) is 0 Å². The summed E-state index contributed by atoms with van der Waals surface area (Å²) < 4.78 is 10.8. The van der Waals surface area contributed by atoms with Gasteiger partial charge in [0.2, 0.25) is 0 Å². The van der Waals surface area contributed by atoms with E-state index < -0.39 is 10.8 Å². The SMILES string of the molecule is CS(=O)CCCNC(=O)c1sccc1N. The Bertz CT molecular complexity index is 363. The van der Waals surface area contributed by atoms with Crippen LogP contribution in [-0.4, -0.2) is 28.7 Å². The molecule has 0 spiro atoms. The van der Waals surface area contributed by atoms with Crippen LogP contribution in [-0.2, 0) is 10.8 Å². The Kier molecular flexibility index (Phi) is 4.77. The first-order valence-corrected chi connectivity index (χ1v) is 7.13. The van der Waals surface area contributed by atoms with E-state index in [2.05, 4.69) is 5.32 Å². The number of nitrogens with one attached hydrogen (secondary N) is 1. The Hall–Kier alpha value is -0.880. The first kappa shape index (κ1) is 12.2. The molecule has 0 saturated carbocycles. The standard InChI is InChI=1S/C9H14N2O2S2/c1-15(13)6-2-4-11-9(12)8-7(10)3-5-14-8/h3,5H,2,4,6,10H2,1H3,(H,11,12). The van der Waals surface area contributed by atoms with Crippen molar-refractivity contribution in [3.8, 4) is 0 Å². The number of anilines is 1. The number of carbonyl (C=O) groups is 1. The molecule has 1 aromatic heterocycles. The summed E-state index contributed by atoms with van der Waals surface area (Å²) >= 11 is 1.32. The number of hydrogen-bond donors (Lipinski definition) is 2. The molecule has 0 aliphatic rings. The molecular weight excluding hydrogens is 232 g/mol. The molecule has 84 valence electrons. The molecule has 0 aliphatic heterocycles. The van der Waals surface area contributed by atoms with Crippen molar-refractivity contribution in [1.29, 1.82) is 0 Å². The molecule has 0 bridgehead atoms. The first-order chi connectivity index (χ1) is 7.11. The third-order valence-corrected chi connectivity index (χ3v) is 3.59. The number of nitrogen functional groups attached to an aromatic ring is 1. The van der Waals surface area contributed by atoms with Crippen molar-refractivity contribution >= 4 is 33.7 Å². The molecule has 1 aromatic rings. The van der Waals surface area contributed by atoms with Crippen LogP contribution < -0.4 is 11.1 Å². The number of thiophene rings is 1. The summed E-state index contributed by atoms with van der Waals surface area (Å²) in [6.07, 6.45) is 2.37. The first-order valence-electron chi connectivity index (χ1n) is 4.52. The molecular formula is C9H14N2O2S2. The van der Waals surface area contributed by atoms with Gasteiger partial charge in [-0.2, -0.15) is 0 Å². The van der Waals surface area contributed by atoms with Crippen molar-refractivity contribution in [2.24, 2.45) is 0 Å². The van der Waals surface area contributed by atoms with Crippen molar-refractivity contribution in [3.05, 3.63) is 16.3 Å². The molecule has 0 saturated heterocycles. The maximum absolute atomic E-state index is 11.5. The van der Waals surface area contributed by atoms with Crippen LogP contribution in [0.4, 0.5) is 5.69 Å². The lowest BCUT2D eigenvalue weighted by Crippen LogP contribution is -2.25.